The third-order valence-corrected chi connectivity index (χ3v) is 2.44. The van der Waals surface area contributed by atoms with E-state index in [0.717, 1.165) is 4.70 Å². The molecular formula is C7H3BN2O2S. The standard InChI is InChI=1S/C7H3BN2O2S/c8-5-1-4(10(11)12)2-6-7(5)9-3-13-6/h1-3H. The SMILES string of the molecule is [B]c1cc([N+](=O)[O-])cc2scnc12. The Kier molecular flexibility index (Phi) is 1.77. The number of hydrogen-bond donors (Lipinski definition) is 0. The van der Waals surface area contributed by atoms with Gasteiger partial charge in [0, 0.05) is 12.1 Å². The molecule has 0 aliphatic carbocycles. The second kappa shape index (κ2) is 2.81. The van der Waals surface area contributed by atoms with E-state index >= 15 is 0 Å². The van der Waals surface area contributed by atoms with E-state index < -0.39 is 4.92 Å². The number of hydrogen-bond acceptors (Lipinski definition) is 4. The molecule has 62 valence electrons. The van der Waals surface area contributed by atoms with Crippen LogP contribution >= 0.6 is 11.3 Å². The molecule has 2 radical (unpaired) electrons. The van der Waals surface area contributed by atoms with Crippen LogP contribution in [-0.4, -0.2) is 17.8 Å². The summed E-state index contributed by atoms with van der Waals surface area (Å²) in [5.74, 6) is 0. The summed E-state index contributed by atoms with van der Waals surface area (Å²) < 4.78 is 0.742. The number of nitro benzene ring substituents is 1. The van der Waals surface area contributed by atoms with Crippen molar-refractivity contribution in [3.05, 3.63) is 27.8 Å². The molecule has 2 aromatic rings. The van der Waals surface area contributed by atoms with Gasteiger partial charge in [0.15, 0.2) is 0 Å². The fourth-order valence-corrected chi connectivity index (χ4v) is 1.83. The molecule has 0 amide bonds. The Balaban J connectivity index is 2.77. The zero-order chi connectivity index (χ0) is 9.42. The van der Waals surface area contributed by atoms with Crippen molar-refractivity contribution < 1.29 is 4.92 Å². The van der Waals surface area contributed by atoms with Crippen LogP contribution in [0.4, 0.5) is 5.69 Å². The average molecular weight is 190 g/mol. The summed E-state index contributed by atoms with van der Waals surface area (Å²) in [5.41, 5.74) is 2.61. The van der Waals surface area contributed by atoms with Gasteiger partial charge in [-0.2, -0.15) is 0 Å². The molecule has 0 aliphatic rings. The minimum absolute atomic E-state index is 0.00856. The van der Waals surface area contributed by atoms with Crippen LogP contribution in [0.25, 0.3) is 10.2 Å². The highest BCUT2D eigenvalue weighted by Crippen LogP contribution is 2.20. The number of fused-ring (bicyclic) bond motifs is 1. The van der Waals surface area contributed by atoms with Crippen molar-refractivity contribution in [1.82, 2.24) is 4.98 Å². The molecule has 1 heterocycles. The van der Waals surface area contributed by atoms with Crippen LogP contribution in [0.5, 0.6) is 0 Å². The molecule has 0 saturated heterocycles. The van der Waals surface area contributed by atoms with Crippen molar-refractivity contribution in [1.29, 1.82) is 0 Å². The monoisotopic (exact) mass is 190 g/mol. The van der Waals surface area contributed by atoms with E-state index in [4.69, 9.17) is 7.85 Å². The Morgan fingerprint density at radius 2 is 2.31 bits per heavy atom. The molecule has 0 fully saturated rings. The molecule has 0 unspecified atom stereocenters. The first-order chi connectivity index (χ1) is 6.18. The van der Waals surface area contributed by atoms with E-state index in [1.807, 2.05) is 0 Å². The molecular weight excluding hydrogens is 187 g/mol. The Morgan fingerprint density at radius 3 is 3.00 bits per heavy atom. The summed E-state index contributed by atoms with van der Waals surface area (Å²) in [4.78, 5) is 14.0. The quantitative estimate of drug-likeness (QED) is 0.382. The van der Waals surface area contributed by atoms with Crippen molar-refractivity contribution in [2.24, 2.45) is 0 Å². The number of thiazole rings is 1. The van der Waals surface area contributed by atoms with E-state index in [-0.39, 0.29) is 5.69 Å². The van der Waals surface area contributed by atoms with Gasteiger partial charge in [0.25, 0.3) is 5.69 Å². The van der Waals surface area contributed by atoms with Crippen molar-refractivity contribution >= 4 is 40.5 Å². The van der Waals surface area contributed by atoms with Gasteiger partial charge in [-0.25, -0.2) is 4.98 Å². The number of aromatic nitrogens is 1. The van der Waals surface area contributed by atoms with Crippen LogP contribution in [0.3, 0.4) is 0 Å². The largest absolute Gasteiger partial charge is 0.270 e. The normalized spacial score (nSPS) is 10.5. The minimum atomic E-state index is -0.463. The van der Waals surface area contributed by atoms with E-state index in [2.05, 4.69) is 4.98 Å². The molecule has 0 spiro atoms. The maximum atomic E-state index is 10.5. The predicted molar refractivity (Wildman–Crippen MR) is 51.7 cm³/mol. The summed E-state index contributed by atoms with van der Waals surface area (Å²) in [5, 5.41) is 10.5. The summed E-state index contributed by atoms with van der Waals surface area (Å²) in [6, 6.07) is 2.80. The topological polar surface area (TPSA) is 56.0 Å². The molecule has 0 atom stereocenters. The zero-order valence-electron chi connectivity index (χ0n) is 6.43. The van der Waals surface area contributed by atoms with Crippen LogP contribution in [0, 0.1) is 10.1 Å². The number of nitro groups is 1. The minimum Gasteiger partial charge on any atom is -0.258 e. The van der Waals surface area contributed by atoms with E-state index in [9.17, 15) is 10.1 Å². The van der Waals surface area contributed by atoms with Gasteiger partial charge in [0.2, 0.25) is 0 Å². The van der Waals surface area contributed by atoms with Gasteiger partial charge in [-0.1, -0.05) is 5.46 Å². The Morgan fingerprint density at radius 1 is 1.54 bits per heavy atom. The number of non-ortho nitro benzene ring substituents is 1. The van der Waals surface area contributed by atoms with Gasteiger partial charge in [-0.05, 0) is 0 Å². The second-order valence-corrected chi connectivity index (χ2v) is 3.38. The van der Waals surface area contributed by atoms with Crippen LogP contribution in [0.1, 0.15) is 0 Å². The zero-order valence-corrected chi connectivity index (χ0v) is 7.25. The number of rotatable bonds is 1. The lowest BCUT2D eigenvalue weighted by atomic mass is 9.94. The summed E-state index contributed by atoms with van der Waals surface area (Å²) in [7, 11) is 5.58. The third-order valence-electron chi connectivity index (χ3n) is 1.66. The first-order valence-electron chi connectivity index (χ1n) is 3.45. The van der Waals surface area contributed by atoms with Gasteiger partial charge in [0.05, 0.1) is 20.7 Å². The maximum Gasteiger partial charge on any atom is 0.270 e. The van der Waals surface area contributed by atoms with Gasteiger partial charge in [-0.15, -0.1) is 11.3 Å². The highest BCUT2D eigenvalue weighted by Gasteiger charge is 2.09. The lowest BCUT2D eigenvalue weighted by molar-refractivity contribution is -0.384. The summed E-state index contributed by atoms with van der Waals surface area (Å²) in [6.45, 7) is 0. The smallest absolute Gasteiger partial charge is 0.258 e. The summed E-state index contributed by atoms with van der Waals surface area (Å²) in [6.07, 6.45) is 0. The van der Waals surface area contributed by atoms with Crippen molar-refractivity contribution in [2.75, 3.05) is 0 Å². The van der Waals surface area contributed by atoms with Gasteiger partial charge in [-0.3, -0.25) is 10.1 Å². The van der Waals surface area contributed by atoms with Gasteiger partial charge < -0.3 is 0 Å². The van der Waals surface area contributed by atoms with Crippen molar-refractivity contribution in [3.8, 4) is 0 Å². The van der Waals surface area contributed by atoms with E-state index in [0.29, 0.717) is 11.0 Å². The fourth-order valence-electron chi connectivity index (χ4n) is 1.08. The molecule has 6 heteroatoms. The predicted octanol–water partition coefficient (Wildman–Crippen LogP) is 0.998. The number of nitrogens with zero attached hydrogens (tertiary/aromatic N) is 2. The Bertz CT molecular complexity index is 482. The fraction of sp³-hybridized carbons (Fsp3) is 0. The van der Waals surface area contributed by atoms with E-state index in [1.54, 1.807) is 5.51 Å². The summed E-state index contributed by atoms with van der Waals surface area (Å²) >= 11 is 1.34. The molecule has 0 N–H and O–H groups in total. The first kappa shape index (κ1) is 8.19. The third kappa shape index (κ3) is 1.29. The number of benzene rings is 1. The highest BCUT2D eigenvalue weighted by molar-refractivity contribution is 7.16. The first-order valence-corrected chi connectivity index (χ1v) is 4.33. The lowest BCUT2D eigenvalue weighted by Gasteiger charge is -1.95. The molecule has 2 rings (SSSR count). The van der Waals surface area contributed by atoms with Crippen LogP contribution in [0.2, 0.25) is 0 Å². The molecule has 4 nitrogen and oxygen atoms in total. The Hall–Kier alpha value is -1.43. The molecule has 0 saturated carbocycles. The average Bonchev–Trinajstić information content (AvgIpc) is 2.51. The lowest BCUT2D eigenvalue weighted by Crippen LogP contribution is -2.05. The van der Waals surface area contributed by atoms with Crippen LogP contribution in [-0.2, 0) is 0 Å². The maximum absolute atomic E-state index is 10.5. The molecule has 1 aromatic heterocycles. The highest BCUT2D eigenvalue weighted by atomic mass is 32.1. The second-order valence-electron chi connectivity index (χ2n) is 2.49. The Labute approximate surface area is 78.8 Å². The molecule has 1 aromatic carbocycles. The van der Waals surface area contributed by atoms with Crippen LogP contribution < -0.4 is 5.46 Å². The molecule has 0 aliphatic heterocycles. The van der Waals surface area contributed by atoms with Crippen LogP contribution in [0.15, 0.2) is 17.6 Å². The van der Waals surface area contributed by atoms with Crippen molar-refractivity contribution in [2.45, 2.75) is 0 Å². The van der Waals surface area contributed by atoms with E-state index in [1.165, 1.54) is 23.5 Å². The van der Waals surface area contributed by atoms with Gasteiger partial charge in [0.1, 0.15) is 7.85 Å². The van der Waals surface area contributed by atoms with Crippen molar-refractivity contribution in [3.63, 3.8) is 0 Å². The molecule has 13 heavy (non-hydrogen) atoms. The molecule has 0 bridgehead atoms. The van der Waals surface area contributed by atoms with Gasteiger partial charge >= 0.3 is 0 Å².